The van der Waals surface area contributed by atoms with E-state index in [2.05, 4.69) is 63.3 Å². The molecule has 4 aromatic rings. The van der Waals surface area contributed by atoms with Gasteiger partial charge in [0, 0.05) is 63.4 Å². The Hall–Kier alpha value is -3.31. The van der Waals surface area contributed by atoms with Crippen molar-refractivity contribution in [1.29, 1.82) is 0 Å². The van der Waals surface area contributed by atoms with Crippen molar-refractivity contribution in [3.63, 3.8) is 0 Å². The Labute approximate surface area is 403 Å². The van der Waals surface area contributed by atoms with Gasteiger partial charge >= 0.3 is 17.1 Å². The minimum atomic E-state index is -2.37. The molecule has 0 spiro atoms. The quantitative estimate of drug-likeness (QED) is 0.0349. The molecule has 13 heteroatoms. The molecule has 11 nitrogen and oxygen atoms in total. The van der Waals surface area contributed by atoms with Crippen molar-refractivity contribution >= 4 is 38.9 Å². The molecule has 0 radical (unpaired) electrons. The van der Waals surface area contributed by atoms with Crippen molar-refractivity contribution in [2.45, 2.75) is 193 Å². The molecule has 4 unspecified atom stereocenters. The topological polar surface area (TPSA) is 109 Å². The molecule has 0 bridgehead atoms. The van der Waals surface area contributed by atoms with Gasteiger partial charge in [-0.3, -0.25) is 9.59 Å². The lowest BCUT2D eigenvalue weighted by atomic mass is 10.0. The maximum atomic E-state index is 13.2. The first-order valence-corrected chi connectivity index (χ1v) is 31.3. The van der Waals surface area contributed by atoms with Crippen molar-refractivity contribution in [2.75, 3.05) is 40.6 Å². The summed E-state index contributed by atoms with van der Waals surface area (Å²) < 4.78 is 47.5. The largest absolute Gasteiger partial charge is 0.493 e. The van der Waals surface area contributed by atoms with E-state index in [4.69, 9.17) is 31.9 Å². The van der Waals surface area contributed by atoms with E-state index < -0.39 is 17.1 Å². The van der Waals surface area contributed by atoms with Gasteiger partial charge in [0.2, 0.25) is 0 Å². The lowest BCUT2D eigenvalue weighted by Gasteiger charge is -2.35. The zero-order valence-corrected chi connectivity index (χ0v) is 44.1. The number of ether oxygens (including phenoxy) is 4. The molecule has 67 heavy (non-hydrogen) atoms. The molecule has 2 aliphatic rings. The van der Waals surface area contributed by atoms with Crippen molar-refractivity contribution < 1.29 is 31.9 Å². The summed E-state index contributed by atoms with van der Waals surface area (Å²) in [7, 11) is -1.11. The van der Waals surface area contributed by atoms with Crippen molar-refractivity contribution in [3.05, 3.63) is 80.4 Å². The van der Waals surface area contributed by atoms with Crippen LogP contribution in [0.3, 0.4) is 0 Å². The highest BCUT2D eigenvalue weighted by molar-refractivity contribution is 6.80. The second-order valence-corrected chi connectivity index (χ2v) is 26.6. The van der Waals surface area contributed by atoms with Crippen LogP contribution in [0.1, 0.15) is 166 Å². The van der Waals surface area contributed by atoms with Crippen molar-refractivity contribution in [1.82, 2.24) is 9.13 Å². The Morgan fingerprint density at radius 1 is 0.552 bits per heavy atom. The zero-order valence-electron chi connectivity index (χ0n) is 42.1. The van der Waals surface area contributed by atoms with Crippen LogP contribution in [0.4, 0.5) is 0 Å². The summed E-state index contributed by atoms with van der Waals surface area (Å²) in [4.78, 5) is 26.3. The number of hydrogen-bond donors (Lipinski definition) is 0. The molecule has 0 N–H and O–H groups in total. The summed E-state index contributed by atoms with van der Waals surface area (Å²) in [5, 5.41) is 2.02. The van der Waals surface area contributed by atoms with Gasteiger partial charge in [-0.05, 0) is 112 Å². The van der Waals surface area contributed by atoms with E-state index in [-0.39, 0.29) is 23.3 Å². The number of rotatable bonds is 32. The summed E-state index contributed by atoms with van der Waals surface area (Å²) in [5.41, 5.74) is 4.26. The molecule has 372 valence electrons. The van der Waals surface area contributed by atoms with E-state index in [1.165, 1.54) is 24.0 Å². The first-order chi connectivity index (χ1) is 32.6. The summed E-state index contributed by atoms with van der Waals surface area (Å²) in [5.74, 6) is 1.39. The number of aromatic nitrogens is 2. The molecule has 0 aliphatic carbocycles. The molecule has 4 atom stereocenters. The Morgan fingerprint density at radius 3 is 1.33 bits per heavy atom. The molecule has 0 saturated carbocycles. The first kappa shape index (κ1) is 53.1. The number of hydrogen-bond acceptors (Lipinski definition) is 9. The molecular formula is C54H84N2O9Si2. The van der Waals surface area contributed by atoms with Gasteiger partial charge in [0.15, 0.2) is 0 Å². The predicted octanol–water partition coefficient (Wildman–Crippen LogP) is 13.2. The molecule has 2 aromatic heterocycles. The van der Waals surface area contributed by atoms with Crippen LogP contribution in [-0.4, -0.2) is 66.9 Å². The second-order valence-electron chi connectivity index (χ2n) is 19.5. The fourth-order valence-electron chi connectivity index (χ4n) is 9.88. The van der Waals surface area contributed by atoms with Crippen LogP contribution in [0.15, 0.2) is 58.1 Å². The van der Waals surface area contributed by atoms with Gasteiger partial charge in [-0.2, -0.15) is 0 Å². The maximum absolute atomic E-state index is 13.2. The van der Waals surface area contributed by atoms with Gasteiger partial charge in [0.05, 0.1) is 36.5 Å². The Morgan fingerprint density at radius 2 is 0.955 bits per heavy atom. The summed E-state index contributed by atoms with van der Waals surface area (Å²) >= 11 is 0. The standard InChI is InChI=1S/C54H84N2O9Si2/c1-7-9-31-55-47-29-27-43(49-25-23-35-61-49)39-45(47)51(41-53(55)57)63-33-19-15-11-13-17-21-37-66(5,59-3)65-67(6,60-4)38-22-18-14-12-16-20-34-64-52-42-54(58)56(32-10-8-2)48-30-28-44(40-46(48)52)50-26-24-36-62-50/h27-30,39-42,49-50H,7-26,31-38H2,1-6H3. The van der Waals surface area contributed by atoms with Crippen molar-refractivity contribution in [3.8, 4) is 11.5 Å². The molecule has 4 heterocycles. The third-order valence-electron chi connectivity index (χ3n) is 14.1. The van der Waals surface area contributed by atoms with E-state index in [1.807, 2.05) is 23.4 Å². The number of aryl methyl sites for hydroxylation is 2. The molecule has 2 saturated heterocycles. The lowest BCUT2D eigenvalue weighted by Crippen LogP contribution is -2.51. The number of fused-ring (bicyclic) bond motifs is 2. The molecule has 6 rings (SSSR count). The molecule has 0 amide bonds. The number of benzene rings is 2. The van der Waals surface area contributed by atoms with Crippen molar-refractivity contribution in [2.24, 2.45) is 0 Å². The van der Waals surface area contributed by atoms with E-state index in [0.29, 0.717) is 24.7 Å². The van der Waals surface area contributed by atoms with Crippen LogP contribution in [0, 0.1) is 0 Å². The van der Waals surface area contributed by atoms with E-state index >= 15 is 0 Å². The maximum Gasteiger partial charge on any atom is 0.325 e. The van der Waals surface area contributed by atoms with Gasteiger partial charge in [0.25, 0.3) is 11.1 Å². The predicted molar refractivity (Wildman–Crippen MR) is 276 cm³/mol. The minimum absolute atomic E-state index is 0.00853. The summed E-state index contributed by atoms with van der Waals surface area (Å²) in [6, 6.07) is 18.1. The zero-order chi connectivity index (χ0) is 47.5. The monoisotopic (exact) mass is 961 g/mol. The highest BCUT2D eigenvalue weighted by Gasteiger charge is 2.41. The number of nitrogens with zero attached hydrogens (tertiary/aromatic N) is 2. The SMILES string of the molecule is CCCCn1c(=O)cc(OCCCCCCCC[Si](C)(OC)O[Si](C)(CCCCCCCCOc2cc(=O)n(CCCC)c3ccc(C4CCCO4)cc23)OC)c2cc(C3CCCO3)ccc21. The summed E-state index contributed by atoms with van der Waals surface area (Å²) in [6.45, 7) is 13.0. The van der Waals surface area contributed by atoms with Gasteiger partial charge in [-0.15, -0.1) is 0 Å². The third-order valence-corrected chi connectivity index (χ3v) is 21.8. The third kappa shape index (κ3) is 15.3. The highest BCUT2D eigenvalue weighted by atomic mass is 28.5. The van der Waals surface area contributed by atoms with E-state index in [0.717, 1.165) is 176 Å². The van der Waals surface area contributed by atoms with E-state index in [1.54, 1.807) is 12.1 Å². The van der Waals surface area contributed by atoms with Gasteiger partial charge in [-0.25, -0.2) is 0 Å². The highest BCUT2D eigenvalue weighted by Crippen LogP contribution is 2.35. The van der Waals surface area contributed by atoms with Crippen LogP contribution < -0.4 is 20.6 Å². The number of unbranched alkanes of at least 4 members (excludes halogenated alkanes) is 12. The van der Waals surface area contributed by atoms with Crippen LogP contribution in [-0.2, 0) is 35.5 Å². The second kappa shape index (κ2) is 27.2. The fourth-order valence-corrected chi connectivity index (χ4v) is 17.2. The Bertz CT molecular complexity index is 2080. The Balaban J connectivity index is 0.856. The summed E-state index contributed by atoms with van der Waals surface area (Å²) in [6.07, 6.45) is 21.7. The van der Waals surface area contributed by atoms with E-state index in [9.17, 15) is 9.59 Å². The Kier molecular flexibility index (Phi) is 21.5. The minimum Gasteiger partial charge on any atom is -0.493 e. The normalized spacial score (nSPS) is 18.2. The average molecular weight is 961 g/mol. The number of pyridine rings is 2. The van der Waals surface area contributed by atoms with Gasteiger partial charge in [-0.1, -0.05) is 103 Å². The molecule has 2 fully saturated rings. The first-order valence-electron chi connectivity index (χ1n) is 26.2. The van der Waals surface area contributed by atoms with Gasteiger partial charge < -0.3 is 41.0 Å². The van der Waals surface area contributed by atoms with Gasteiger partial charge in [0.1, 0.15) is 11.5 Å². The van der Waals surface area contributed by atoms with Crippen LogP contribution in [0.2, 0.25) is 25.2 Å². The van der Waals surface area contributed by atoms with Crippen LogP contribution in [0.5, 0.6) is 11.5 Å². The molecule has 2 aromatic carbocycles. The smallest absolute Gasteiger partial charge is 0.325 e. The molecular weight excluding hydrogens is 877 g/mol. The van der Waals surface area contributed by atoms with Crippen LogP contribution >= 0.6 is 0 Å². The lowest BCUT2D eigenvalue weighted by molar-refractivity contribution is 0.112. The molecule has 2 aliphatic heterocycles. The average Bonchev–Trinajstić information content (AvgIpc) is 4.09. The fraction of sp³-hybridized carbons (Fsp3) is 0.667. The van der Waals surface area contributed by atoms with Crippen LogP contribution in [0.25, 0.3) is 21.8 Å².